The smallest absolute Gasteiger partial charge is 0.235 e. The molecule has 0 atom stereocenters. The Morgan fingerprint density at radius 2 is 1.87 bits per heavy atom. The first-order valence-electron chi connectivity index (χ1n) is 7.51. The van der Waals surface area contributed by atoms with Crippen molar-refractivity contribution in [1.82, 2.24) is 9.97 Å². The maximum Gasteiger partial charge on any atom is 0.235 e. The van der Waals surface area contributed by atoms with Crippen LogP contribution in [0.5, 0.6) is 5.75 Å². The summed E-state index contributed by atoms with van der Waals surface area (Å²) in [5, 5.41) is 2.92. The van der Waals surface area contributed by atoms with Gasteiger partial charge in [0.25, 0.3) is 0 Å². The number of hydrogen-bond donors (Lipinski definition) is 1. The van der Waals surface area contributed by atoms with Gasteiger partial charge in [0.15, 0.2) is 0 Å². The van der Waals surface area contributed by atoms with Crippen molar-refractivity contribution in [3.05, 3.63) is 42.2 Å². The van der Waals surface area contributed by atoms with Crippen molar-refractivity contribution >= 4 is 17.5 Å². The first kappa shape index (κ1) is 15.3. The van der Waals surface area contributed by atoms with E-state index in [0.29, 0.717) is 11.6 Å². The minimum atomic E-state index is -0.507. The zero-order valence-electron chi connectivity index (χ0n) is 13.5. The SMILES string of the molecule is COc1ccccc1C1(C(=O)Nc2cnc(N(C)C)nc2)CC1. The van der Waals surface area contributed by atoms with Gasteiger partial charge in [-0.25, -0.2) is 9.97 Å². The highest BCUT2D eigenvalue weighted by molar-refractivity contribution is 6.01. The van der Waals surface area contributed by atoms with E-state index >= 15 is 0 Å². The van der Waals surface area contributed by atoms with E-state index in [1.54, 1.807) is 19.5 Å². The molecule has 0 unspecified atom stereocenters. The monoisotopic (exact) mass is 312 g/mol. The molecule has 3 rings (SSSR count). The number of carbonyl (C=O) groups excluding carboxylic acids is 1. The van der Waals surface area contributed by atoms with E-state index in [9.17, 15) is 4.79 Å². The lowest BCUT2D eigenvalue weighted by Crippen LogP contribution is -2.28. The van der Waals surface area contributed by atoms with E-state index in [-0.39, 0.29) is 5.91 Å². The number of hydrogen-bond acceptors (Lipinski definition) is 5. The second kappa shape index (κ2) is 5.87. The largest absolute Gasteiger partial charge is 0.496 e. The van der Waals surface area contributed by atoms with Crippen LogP contribution in [-0.4, -0.2) is 37.1 Å². The van der Waals surface area contributed by atoms with Crippen LogP contribution >= 0.6 is 0 Å². The van der Waals surface area contributed by atoms with Crippen molar-refractivity contribution in [1.29, 1.82) is 0 Å². The van der Waals surface area contributed by atoms with Crippen molar-refractivity contribution in [3.63, 3.8) is 0 Å². The van der Waals surface area contributed by atoms with Crippen molar-refractivity contribution in [2.24, 2.45) is 0 Å². The first-order valence-corrected chi connectivity index (χ1v) is 7.51. The Kier molecular flexibility index (Phi) is 3.90. The fraction of sp³-hybridized carbons (Fsp3) is 0.353. The summed E-state index contributed by atoms with van der Waals surface area (Å²) >= 11 is 0. The number of anilines is 2. The van der Waals surface area contributed by atoms with Crippen molar-refractivity contribution in [2.45, 2.75) is 18.3 Å². The second-order valence-electron chi connectivity index (χ2n) is 5.90. The summed E-state index contributed by atoms with van der Waals surface area (Å²) in [6, 6.07) is 7.68. The molecule has 1 N–H and O–H groups in total. The molecular formula is C17H20N4O2. The number of benzene rings is 1. The van der Waals surface area contributed by atoms with E-state index in [1.165, 1.54) is 0 Å². The zero-order chi connectivity index (χ0) is 16.4. The Morgan fingerprint density at radius 3 is 2.43 bits per heavy atom. The predicted molar refractivity (Wildman–Crippen MR) is 88.9 cm³/mol. The van der Waals surface area contributed by atoms with E-state index in [4.69, 9.17) is 4.74 Å². The summed E-state index contributed by atoms with van der Waals surface area (Å²) in [4.78, 5) is 23.0. The summed E-state index contributed by atoms with van der Waals surface area (Å²) < 4.78 is 5.40. The highest BCUT2D eigenvalue weighted by Crippen LogP contribution is 2.51. The van der Waals surface area contributed by atoms with Gasteiger partial charge in [0.2, 0.25) is 11.9 Å². The van der Waals surface area contributed by atoms with Gasteiger partial charge < -0.3 is 15.0 Å². The van der Waals surface area contributed by atoms with Gasteiger partial charge in [-0.1, -0.05) is 18.2 Å². The number of ether oxygens (including phenoxy) is 1. The highest BCUT2D eigenvalue weighted by atomic mass is 16.5. The van der Waals surface area contributed by atoms with Gasteiger partial charge in [0.1, 0.15) is 5.75 Å². The van der Waals surface area contributed by atoms with Crippen LogP contribution in [0, 0.1) is 0 Å². The van der Waals surface area contributed by atoms with Crippen LogP contribution in [-0.2, 0) is 10.2 Å². The number of methoxy groups -OCH3 is 1. The summed E-state index contributed by atoms with van der Waals surface area (Å²) in [6.45, 7) is 0. The predicted octanol–water partition coefficient (Wildman–Crippen LogP) is 2.22. The Morgan fingerprint density at radius 1 is 1.22 bits per heavy atom. The third-order valence-corrected chi connectivity index (χ3v) is 4.10. The maximum atomic E-state index is 12.8. The maximum absolute atomic E-state index is 12.8. The average molecular weight is 312 g/mol. The molecule has 0 radical (unpaired) electrons. The molecule has 23 heavy (non-hydrogen) atoms. The van der Waals surface area contributed by atoms with Crippen LogP contribution in [0.3, 0.4) is 0 Å². The summed E-state index contributed by atoms with van der Waals surface area (Å²) in [6.07, 6.45) is 4.88. The Hall–Kier alpha value is -2.63. The fourth-order valence-corrected chi connectivity index (χ4v) is 2.65. The van der Waals surface area contributed by atoms with Gasteiger partial charge in [0.05, 0.1) is 30.6 Å². The quantitative estimate of drug-likeness (QED) is 0.917. The van der Waals surface area contributed by atoms with E-state index in [0.717, 1.165) is 24.2 Å². The Balaban J connectivity index is 1.80. The zero-order valence-corrected chi connectivity index (χ0v) is 13.5. The highest BCUT2D eigenvalue weighted by Gasteiger charge is 2.52. The number of rotatable bonds is 5. The summed E-state index contributed by atoms with van der Waals surface area (Å²) in [7, 11) is 5.36. The fourth-order valence-electron chi connectivity index (χ4n) is 2.65. The van der Waals surface area contributed by atoms with Gasteiger partial charge in [-0.05, 0) is 18.9 Å². The van der Waals surface area contributed by atoms with Crippen LogP contribution in [0.4, 0.5) is 11.6 Å². The number of para-hydroxylation sites is 1. The molecular weight excluding hydrogens is 292 g/mol. The average Bonchev–Trinajstić information content (AvgIpc) is 3.37. The van der Waals surface area contributed by atoms with Crippen LogP contribution in [0.1, 0.15) is 18.4 Å². The van der Waals surface area contributed by atoms with E-state index in [1.807, 2.05) is 43.3 Å². The first-order chi connectivity index (χ1) is 11.1. The topological polar surface area (TPSA) is 67.3 Å². The molecule has 2 aromatic rings. The molecule has 1 saturated carbocycles. The van der Waals surface area contributed by atoms with Crippen molar-refractivity contribution in [3.8, 4) is 5.75 Å². The van der Waals surface area contributed by atoms with Gasteiger partial charge in [-0.3, -0.25) is 4.79 Å². The number of nitrogens with one attached hydrogen (secondary N) is 1. The summed E-state index contributed by atoms with van der Waals surface area (Å²) in [5.41, 5.74) is 1.03. The molecule has 0 spiro atoms. The minimum Gasteiger partial charge on any atom is -0.496 e. The molecule has 1 aliphatic carbocycles. The number of carbonyl (C=O) groups is 1. The molecule has 6 nitrogen and oxygen atoms in total. The minimum absolute atomic E-state index is 0.0387. The second-order valence-corrected chi connectivity index (χ2v) is 5.90. The molecule has 1 aliphatic rings. The molecule has 1 heterocycles. The number of nitrogens with zero attached hydrogens (tertiary/aromatic N) is 3. The lowest BCUT2D eigenvalue weighted by Gasteiger charge is -2.18. The van der Waals surface area contributed by atoms with Crippen molar-refractivity contribution in [2.75, 3.05) is 31.4 Å². The Labute approximate surface area is 135 Å². The van der Waals surface area contributed by atoms with Crippen LogP contribution in [0.25, 0.3) is 0 Å². The van der Waals surface area contributed by atoms with Crippen LogP contribution < -0.4 is 15.0 Å². The molecule has 1 aromatic heterocycles. The van der Waals surface area contributed by atoms with Crippen molar-refractivity contribution < 1.29 is 9.53 Å². The van der Waals surface area contributed by atoms with E-state index in [2.05, 4.69) is 15.3 Å². The Bertz CT molecular complexity index is 709. The molecule has 0 aliphatic heterocycles. The number of amides is 1. The van der Waals surface area contributed by atoms with Crippen LogP contribution in [0.15, 0.2) is 36.7 Å². The third kappa shape index (κ3) is 2.84. The molecule has 1 fully saturated rings. The third-order valence-electron chi connectivity index (χ3n) is 4.10. The molecule has 6 heteroatoms. The van der Waals surface area contributed by atoms with Gasteiger partial charge in [-0.15, -0.1) is 0 Å². The lowest BCUT2D eigenvalue weighted by atomic mass is 9.94. The molecule has 1 amide bonds. The van der Waals surface area contributed by atoms with Gasteiger partial charge in [-0.2, -0.15) is 0 Å². The molecule has 1 aromatic carbocycles. The lowest BCUT2D eigenvalue weighted by molar-refractivity contribution is -0.118. The molecule has 0 bridgehead atoms. The number of aromatic nitrogens is 2. The van der Waals surface area contributed by atoms with Crippen LogP contribution in [0.2, 0.25) is 0 Å². The van der Waals surface area contributed by atoms with Gasteiger partial charge in [0, 0.05) is 19.7 Å². The summed E-state index contributed by atoms with van der Waals surface area (Å²) in [5.74, 6) is 1.32. The standard InChI is InChI=1S/C17H20N4O2/c1-21(2)16-18-10-12(11-19-16)20-15(22)17(8-9-17)13-6-4-5-7-14(13)23-3/h4-7,10-11H,8-9H2,1-3H3,(H,20,22). The molecule has 120 valence electrons. The normalized spacial score (nSPS) is 14.9. The van der Waals surface area contributed by atoms with E-state index < -0.39 is 5.41 Å². The van der Waals surface area contributed by atoms with Gasteiger partial charge >= 0.3 is 0 Å². The molecule has 0 saturated heterocycles.